The van der Waals surface area contributed by atoms with Gasteiger partial charge in [0.25, 0.3) is 5.91 Å². The van der Waals surface area contributed by atoms with E-state index in [0.717, 1.165) is 54.5 Å². The summed E-state index contributed by atoms with van der Waals surface area (Å²) in [4.78, 5) is 37.2. The molecular weight excluding hydrogens is 543 g/mol. The van der Waals surface area contributed by atoms with Crippen molar-refractivity contribution in [1.29, 1.82) is 0 Å². The number of benzene rings is 2. The zero-order valence-electron chi connectivity index (χ0n) is 20.4. The van der Waals surface area contributed by atoms with Gasteiger partial charge in [-0.05, 0) is 61.8 Å². The maximum atomic E-state index is 14.1. The second-order valence-corrected chi connectivity index (χ2v) is 11.1. The van der Waals surface area contributed by atoms with Gasteiger partial charge in [-0.25, -0.2) is 4.39 Å². The molecule has 1 aliphatic carbocycles. The van der Waals surface area contributed by atoms with Crippen molar-refractivity contribution in [3.05, 3.63) is 57.8 Å². The van der Waals surface area contributed by atoms with Crippen LogP contribution in [-0.4, -0.2) is 43.0 Å². The lowest BCUT2D eigenvalue weighted by Crippen LogP contribution is -2.51. The Morgan fingerprint density at radius 2 is 1.97 bits per heavy atom. The molecule has 2 saturated heterocycles. The molecule has 2 aromatic carbocycles. The highest BCUT2D eigenvalue weighted by Crippen LogP contribution is 2.51. The van der Waals surface area contributed by atoms with E-state index in [9.17, 15) is 18.8 Å². The summed E-state index contributed by atoms with van der Waals surface area (Å²) in [5, 5.41) is 5.72. The van der Waals surface area contributed by atoms with Crippen molar-refractivity contribution in [3.63, 3.8) is 0 Å². The van der Waals surface area contributed by atoms with E-state index in [1.165, 1.54) is 12.1 Å². The number of carbonyl (C=O) groups excluding carboxylic acids is 3. The molecule has 1 spiro atoms. The second kappa shape index (κ2) is 10.4. The summed E-state index contributed by atoms with van der Waals surface area (Å²) in [6.45, 7) is 2.35. The van der Waals surface area contributed by atoms with E-state index in [2.05, 4.69) is 37.5 Å². The zero-order valence-corrected chi connectivity index (χ0v) is 22.0. The highest BCUT2D eigenvalue weighted by Gasteiger charge is 2.47. The van der Waals surface area contributed by atoms with Crippen LogP contribution in [0.2, 0.25) is 0 Å². The lowest BCUT2D eigenvalue weighted by Gasteiger charge is -2.52. The van der Waals surface area contributed by atoms with Crippen LogP contribution < -0.4 is 26.0 Å². The molecule has 3 fully saturated rings. The third-order valence-electron chi connectivity index (χ3n) is 7.85. The first-order chi connectivity index (χ1) is 17.7. The van der Waals surface area contributed by atoms with Gasteiger partial charge in [-0.1, -0.05) is 22.0 Å². The molecule has 2 heterocycles. The quantitative estimate of drug-likeness (QED) is 0.438. The number of carbonyl (C=O) groups is 3. The Labute approximate surface area is 223 Å². The van der Waals surface area contributed by atoms with Gasteiger partial charge in [0.1, 0.15) is 11.6 Å². The van der Waals surface area contributed by atoms with Gasteiger partial charge in [0.15, 0.2) is 0 Å². The van der Waals surface area contributed by atoms with Crippen LogP contribution in [0.1, 0.15) is 54.4 Å². The Hall–Kier alpha value is -2.98. The molecule has 4 N–H and O–H groups in total. The first kappa shape index (κ1) is 25.7. The van der Waals surface area contributed by atoms with E-state index in [-0.39, 0.29) is 34.9 Å². The second-order valence-electron chi connectivity index (χ2n) is 10.3. The molecule has 0 bridgehead atoms. The van der Waals surface area contributed by atoms with Crippen molar-refractivity contribution in [1.82, 2.24) is 10.6 Å². The standard InChI is InChI=1S/C27H30BrFN4O4/c28-20-2-1-3-23(19(20)15-31-22-6-7-24(34)32-26(22)36)33-10-8-27(9-11-33)13-17(14-27)37-16-4-5-18(25(30)35)21(29)12-16/h1-5,12,17,22,31H,6-11,13-15H2,(H2,30,35)(H,32,34,36). The number of anilines is 1. The Balaban J connectivity index is 1.16. The SMILES string of the molecule is NC(=O)c1ccc(OC2CC3(CCN(c4cccc(Br)c4CNC4CCC(=O)NC4=O)CC3)C2)cc1F. The first-order valence-electron chi connectivity index (χ1n) is 12.6. The number of nitrogens with one attached hydrogen (secondary N) is 2. The molecule has 3 aliphatic rings. The summed E-state index contributed by atoms with van der Waals surface area (Å²) in [5.41, 5.74) is 7.50. The van der Waals surface area contributed by atoms with Crippen LogP contribution in [0.4, 0.5) is 10.1 Å². The molecule has 0 radical (unpaired) electrons. The number of nitrogens with two attached hydrogens (primary N) is 1. The predicted molar refractivity (Wildman–Crippen MR) is 140 cm³/mol. The average molecular weight is 573 g/mol. The van der Waals surface area contributed by atoms with E-state index in [0.29, 0.717) is 25.1 Å². The molecule has 37 heavy (non-hydrogen) atoms. The van der Waals surface area contributed by atoms with Gasteiger partial charge >= 0.3 is 0 Å². The van der Waals surface area contributed by atoms with Crippen molar-refractivity contribution in [2.75, 3.05) is 18.0 Å². The third-order valence-corrected chi connectivity index (χ3v) is 8.60. The smallest absolute Gasteiger partial charge is 0.251 e. The number of primary amides is 1. The molecule has 1 unspecified atom stereocenters. The van der Waals surface area contributed by atoms with Crippen LogP contribution in [0.3, 0.4) is 0 Å². The minimum absolute atomic E-state index is 0.0320. The van der Waals surface area contributed by atoms with E-state index >= 15 is 0 Å². The maximum absolute atomic E-state index is 14.1. The largest absolute Gasteiger partial charge is 0.490 e. The van der Waals surface area contributed by atoms with Crippen LogP contribution in [0.5, 0.6) is 5.75 Å². The fourth-order valence-electron chi connectivity index (χ4n) is 5.71. The van der Waals surface area contributed by atoms with E-state index in [1.807, 2.05) is 12.1 Å². The Morgan fingerprint density at radius 1 is 1.22 bits per heavy atom. The number of amides is 3. The summed E-state index contributed by atoms with van der Waals surface area (Å²) >= 11 is 3.68. The summed E-state index contributed by atoms with van der Waals surface area (Å²) in [6, 6.07) is 9.94. The van der Waals surface area contributed by atoms with E-state index in [4.69, 9.17) is 10.5 Å². The van der Waals surface area contributed by atoms with Crippen LogP contribution in [0, 0.1) is 11.2 Å². The number of hydrogen-bond acceptors (Lipinski definition) is 6. The van der Waals surface area contributed by atoms with Crippen molar-refractivity contribution in [2.45, 2.75) is 57.2 Å². The lowest BCUT2D eigenvalue weighted by molar-refractivity contribution is -0.134. The van der Waals surface area contributed by atoms with Gasteiger partial charge in [-0.3, -0.25) is 19.7 Å². The number of rotatable bonds is 7. The predicted octanol–water partition coefficient (Wildman–Crippen LogP) is 3.41. The Bertz CT molecular complexity index is 1220. The third kappa shape index (κ3) is 5.50. The molecule has 10 heteroatoms. The highest BCUT2D eigenvalue weighted by molar-refractivity contribution is 9.10. The van der Waals surface area contributed by atoms with Gasteiger partial charge in [-0.15, -0.1) is 0 Å². The van der Waals surface area contributed by atoms with Crippen LogP contribution >= 0.6 is 15.9 Å². The molecule has 2 aromatic rings. The molecule has 8 nitrogen and oxygen atoms in total. The van der Waals surface area contributed by atoms with Gasteiger partial charge in [-0.2, -0.15) is 0 Å². The molecule has 1 saturated carbocycles. The molecule has 196 valence electrons. The van der Waals surface area contributed by atoms with Crippen LogP contribution in [0.15, 0.2) is 40.9 Å². The fraction of sp³-hybridized carbons (Fsp3) is 0.444. The van der Waals surface area contributed by atoms with E-state index in [1.54, 1.807) is 6.07 Å². The molecule has 1 atom stereocenters. The highest BCUT2D eigenvalue weighted by atomic mass is 79.9. The zero-order chi connectivity index (χ0) is 26.2. The topological polar surface area (TPSA) is 114 Å². The summed E-state index contributed by atoms with van der Waals surface area (Å²) in [7, 11) is 0. The minimum Gasteiger partial charge on any atom is -0.490 e. The number of piperidine rings is 2. The number of ether oxygens (including phenoxy) is 1. The van der Waals surface area contributed by atoms with Crippen LogP contribution in [-0.2, 0) is 16.1 Å². The number of halogens is 2. The molecular formula is C27H30BrFN4O4. The van der Waals surface area contributed by atoms with Crippen molar-refractivity contribution >= 4 is 39.3 Å². The molecule has 5 rings (SSSR count). The van der Waals surface area contributed by atoms with E-state index < -0.39 is 11.7 Å². The summed E-state index contributed by atoms with van der Waals surface area (Å²) < 4.78 is 21.0. The maximum Gasteiger partial charge on any atom is 0.251 e. The van der Waals surface area contributed by atoms with Crippen LogP contribution in [0.25, 0.3) is 0 Å². The summed E-state index contributed by atoms with van der Waals surface area (Å²) in [5.74, 6) is -1.52. The van der Waals surface area contributed by atoms with Crippen molar-refractivity contribution in [3.8, 4) is 5.75 Å². The van der Waals surface area contributed by atoms with Crippen molar-refractivity contribution in [2.24, 2.45) is 11.1 Å². The number of nitrogens with zero attached hydrogens (tertiary/aromatic N) is 1. The summed E-state index contributed by atoms with van der Waals surface area (Å²) in [6.07, 6.45) is 4.79. The minimum atomic E-state index is -0.793. The Morgan fingerprint density at radius 3 is 2.65 bits per heavy atom. The molecule has 2 aliphatic heterocycles. The molecule has 0 aromatic heterocycles. The fourth-order valence-corrected chi connectivity index (χ4v) is 6.21. The number of hydrogen-bond donors (Lipinski definition) is 3. The monoisotopic (exact) mass is 572 g/mol. The van der Waals surface area contributed by atoms with Gasteiger partial charge in [0, 0.05) is 47.8 Å². The normalized spacial score (nSPS) is 21.5. The molecule has 3 amide bonds. The van der Waals surface area contributed by atoms with Gasteiger partial charge in [0.05, 0.1) is 17.7 Å². The van der Waals surface area contributed by atoms with Gasteiger partial charge in [0.2, 0.25) is 11.8 Å². The lowest BCUT2D eigenvalue weighted by atomic mass is 9.61. The Kier molecular flexibility index (Phi) is 7.22. The van der Waals surface area contributed by atoms with Gasteiger partial charge < -0.3 is 20.7 Å². The van der Waals surface area contributed by atoms with Crippen molar-refractivity contribution < 1.29 is 23.5 Å². The first-order valence-corrected chi connectivity index (χ1v) is 13.4. The number of imide groups is 1. The average Bonchev–Trinajstić information content (AvgIpc) is 2.83.